The van der Waals surface area contributed by atoms with E-state index in [2.05, 4.69) is 5.32 Å². The molecular weight excluding hydrogens is 296 g/mol. The molecule has 0 aliphatic heterocycles. The van der Waals surface area contributed by atoms with Gasteiger partial charge in [0.05, 0.1) is 6.04 Å². The fourth-order valence-corrected chi connectivity index (χ4v) is 4.51. The minimum atomic E-state index is -0.763. The van der Waals surface area contributed by atoms with E-state index in [1.165, 1.54) is 9.40 Å². The fraction of sp³-hybridized carbons (Fsp3) is 0.200. The summed E-state index contributed by atoms with van der Waals surface area (Å²) in [6.45, 7) is 1.57. The first-order valence-electron chi connectivity index (χ1n) is 6.20. The average Bonchev–Trinajstić information content (AvgIpc) is 3.00. The zero-order valence-corrected chi connectivity index (χ0v) is 12.7. The summed E-state index contributed by atoms with van der Waals surface area (Å²) < 4.78 is 30.3. The molecule has 104 valence electrons. The molecule has 0 saturated heterocycles. The number of halogens is 2. The van der Waals surface area contributed by atoms with Gasteiger partial charge in [-0.05, 0) is 37.0 Å². The van der Waals surface area contributed by atoms with Crippen LogP contribution >= 0.6 is 22.7 Å². The third-order valence-corrected chi connectivity index (χ3v) is 5.51. The number of rotatable bonds is 3. The third-order valence-electron chi connectivity index (χ3n) is 3.35. The van der Waals surface area contributed by atoms with E-state index in [0.717, 1.165) is 4.88 Å². The Morgan fingerprint density at radius 3 is 2.60 bits per heavy atom. The maximum Gasteiger partial charge on any atom is 0.164 e. The smallest absolute Gasteiger partial charge is 0.164 e. The summed E-state index contributed by atoms with van der Waals surface area (Å²) in [5.74, 6) is -1.53. The lowest BCUT2D eigenvalue weighted by molar-refractivity contribution is 0.483. The highest BCUT2D eigenvalue weighted by atomic mass is 32.1. The highest BCUT2D eigenvalue weighted by Gasteiger charge is 2.21. The topological polar surface area (TPSA) is 12.0 Å². The van der Waals surface area contributed by atoms with Crippen LogP contribution in [0.15, 0.2) is 29.6 Å². The Hall–Kier alpha value is -1.30. The zero-order valence-electron chi connectivity index (χ0n) is 11.0. The quantitative estimate of drug-likeness (QED) is 0.728. The van der Waals surface area contributed by atoms with E-state index in [1.54, 1.807) is 48.8 Å². The summed E-state index contributed by atoms with van der Waals surface area (Å²) >= 11 is 3.26. The molecule has 0 saturated carbocycles. The van der Waals surface area contributed by atoms with Gasteiger partial charge in [0.2, 0.25) is 0 Å². The highest BCUT2D eigenvalue weighted by Crippen LogP contribution is 2.36. The Balaban J connectivity index is 2.10. The minimum absolute atomic E-state index is 0.324. The van der Waals surface area contributed by atoms with Crippen LogP contribution in [0.4, 0.5) is 8.78 Å². The molecule has 3 aromatic rings. The van der Waals surface area contributed by atoms with Gasteiger partial charge in [-0.3, -0.25) is 0 Å². The van der Waals surface area contributed by atoms with Gasteiger partial charge in [0.1, 0.15) is 0 Å². The predicted octanol–water partition coefficient (Wildman–Crippen LogP) is 4.86. The Kier molecular flexibility index (Phi) is 3.58. The molecule has 0 aliphatic carbocycles. The summed E-state index contributed by atoms with van der Waals surface area (Å²) in [4.78, 5) is 0.997. The lowest BCUT2D eigenvalue weighted by atomic mass is 10.0. The van der Waals surface area contributed by atoms with E-state index in [1.807, 2.05) is 17.5 Å². The molecule has 0 radical (unpaired) electrons. The second kappa shape index (κ2) is 5.24. The summed E-state index contributed by atoms with van der Waals surface area (Å²) in [6, 6.07) is 7.04. The van der Waals surface area contributed by atoms with Crippen LogP contribution in [0.25, 0.3) is 9.40 Å². The summed E-state index contributed by atoms with van der Waals surface area (Å²) in [5.41, 5.74) is 0.678. The highest BCUT2D eigenvalue weighted by molar-refractivity contribution is 7.27. The monoisotopic (exact) mass is 309 g/mol. The van der Waals surface area contributed by atoms with Gasteiger partial charge in [-0.1, -0.05) is 12.1 Å². The van der Waals surface area contributed by atoms with Crippen LogP contribution in [0.1, 0.15) is 22.0 Å². The van der Waals surface area contributed by atoms with Gasteiger partial charge in [-0.2, -0.15) is 0 Å². The SMILES string of the molecule is CNC(c1cc2sccc2s1)c1ccc(C)c(F)c1F. The maximum atomic E-state index is 14.2. The average molecular weight is 309 g/mol. The molecule has 0 aliphatic rings. The minimum Gasteiger partial charge on any atom is -0.309 e. The zero-order chi connectivity index (χ0) is 14.3. The van der Waals surface area contributed by atoms with E-state index >= 15 is 0 Å². The van der Waals surface area contributed by atoms with Crippen LogP contribution in [0.5, 0.6) is 0 Å². The molecule has 1 unspecified atom stereocenters. The van der Waals surface area contributed by atoms with Crippen LogP contribution < -0.4 is 5.32 Å². The van der Waals surface area contributed by atoms with E-state index in [4.69, 9.17) is 0 Å². The second-order valence-corrected chi connectivity index (χ2v) is 6.68. The van der Waals surface area contributed by atoms with E-state index in [-0.39, 0.29) is 6.04 Å². The van der Waals surface area contributed by atoms with Crippen LogP contribution in [-0.4, -0.2) is 7.05 Å². The van der Waals surface area contributed by atoms with E-state index in [9.17, 15) is 8.78 Å². The number of hydrogen-bond donors (Lipinski definition) is 1. The first-order chi connectivity index (χ1) is 9.61. The Morgan fingerprint density at radius 1 is 1.10 bits per heavy atom. The molecule has 1 aromatic carbocycles. The lowest BCUT2D eigenvalue weighted by Crippen LogP contribution is -2.18. The molecule has 0 spiro atoms. The molecule has 0 amide bonds. The first kappa shape index (κ1) is 13.7. The van der Waals surface area contributed by atoms with Crippen LogP contribution in [0.3, 0.4) is 0 Å². The van der Waals surface area contributed by atoms with Crippen molar-refractivity contribution < 1.29 is 8.78 Å². The number of fused-ring (bicyclic) bond motifs is 1. The van der Waals surface area contributed by atoms with Gasteiger partial charge in [-0.15, -0.1) is 22.7 Å². The lowest BCUT2D eigenvalue weighted by Gasteiger charge is -2.16. The van der Waals surface area contributed by atoms with Crippen molar-refractivity contribution in [1.82, 2.24) is 5.32 Å². The molecule has 0 fully saturated rings. The Morgan fingerprint density at radius 2 is 1.90 bits per heavy atom. The van der Waals surface area contributed by atoms with Crippen LogP contribution in [-0.2, 0) is 0 Å². The fourth-order valence-electron chi connectivity index (χ4n) is 2.26. The van der Waals surface area contributed by atoms with Crippen molar-refractivity contribution in [3.63, 3.8) is 0 Å². The number of aryl methyl sites for hydroxylation is 1. The summed E-state index contributed by atoms with van der Waals surface area (Å²) in [7, 11) is 1.76. The van der Waals surface area contributed by atoms with E-state index < -0.39 is 11.6 Å². The van der Waals surface area contributed by atoms with Gasteiger partial charge in [0, 0.05) is 19.8 Å². The number of nitrogens with one attached hydrogen (secondary N) is 1. The molecule has 2 aromatic heterocycles. The van der Waals surface area contributed by atoms with Crippen molar-refractivity contribution in [2.75, 3.05) is 7.05 Å². The van der Waals surface area contributed by atoms with Gasteiger partial charge >= 0.3 is 0 Å². The van der Waals surface area contributed by atoms with Gasteiger partial charge < -0.3 is 5.32 Å². The summed E-state index contributed by atoms with van der Waals surface area (Å²) in [6.07, 6.45) is 0. The van der Waals surface area contributed by atoms with Crippen LogP contribution in [0, 0.1) is 18.6 Å². The van der Waals surface area contributed by atoms with Crippen molar-refractivity contribution in [3.8, 4) is 0 Å². The molecule has 3 rings (SSSR count). The molecule has 5 heteroatoms. The molecule has 20 heavy (non-hydrogen) atoms. The van der Waals surface area contributed by atoms with Crippen molar-refractivity contribution >= 4 is 32.1 Å². The van der Waals surface area contributed by atoms with E-state index in [0.29, 0.717) is 11.1 Å². The maximum absolute atomic E-state index is 14.2. The summed E-state index contributed by atoms with van der Waals surface area (Å²) in [5, 5.41) is 5.11. The molecule has 1 N–H and O–H groups in total. The molecule has 2 heterocycles. The largest absolute Gasteiger partial charge is 0.309 e. The van der Waals surface area contributed by atoms with Crippen LogP contribution in [0.2, 0.25) is 0 Å². The number of hydrogen-bond acceptors (Lipinski definition) is 3. The molecule has 1 atom stereocenters. The first-order valence-corrected chi connectivity index (χ1v) is 7.90. The number of thiophene rings is 2. The molecule has 1 nitrogen and oxygen atoms in total. The van der Waals surface area contributed by atoms with Crippen molar-refractivity contribution in [1.29, 1.82) is 0 Å². The van der Waals surface area contributed by atoms with Gasteiger partial charge in [0.15, 0.2) is 11.6 Å². The molecular formula is C15H13F2NS2. The van der Waals surface area contributed by atoms with Crippen molar-refractivity contribution in [3.05, 3.63) is 57.3 Å². The third kappa shape index (κ3) is 2.16. The standard InChI is InChI=1S/C15H13F2NS2/c1-8-3-4-9(14(17)13(8)16)15(18-2)12-7-11-10(20-12)5-6-19-11/h3-7,15,18H,1-2H3. The van der Waals surface area contributed by atoms with Gasteiger partial charge in [0.25, 0.3) is 0 Å². The second-order valence-electron chi connectivity index (χ2n) is 4.62. The molecule has 0 bridgehead atoms. The Bertz CT molecular complexity index is 732. The normalized spacial score (nSPS) is 13.0. The van der Waals surface area contributed by atoms with Crippen molar-refractivity contribution in [2.24, 2.45) is 0 Å². The Labute approximate surface area is 123 Å². The van der Waals surface area contributed by atoms with Crippen molar-refractivity contribution in [2.45, 2.75) is 13.0 Å². The van der Waals surface area contributed by atoms with Gasteiger partial charge in [-0.25, -0.2) is 8.78 Å². The number of benzene rings is 1. The predicted molar refractivity (Wildman–Crippen MR) is 81.7 cm³/mol.